The zero-order chi connectivity index (χ0) is 12.9. The van der Waals surface area contributed by atoms with E-state index in [1.165, 1.54) is 18.2 Å². The fourth-order valence-electron chi connectivity index (χ4n) is 1.29. The fraction of sp³-hybridized carbons (Fsp3) is 0.455. The Bertz CT molecular complexity index is 474. The predicted molar refractivity (Wildman–Crippen MR) is 67.5 cm³/mol. The predicted octanol–water partition coefficient (Wildman–Crippen LogP) is 1.91. The van der Waals surface area contributed by atoms with Crippen LogP contribution in [0.2, 0.25) is 5.02 Å². The van der Waals surface area contributed by atoms with Crippen molar-refractivity contribution in [3.05, 3.63) is 28.8 Å². The van der Waals surface area contributed by atoms with E-state index in [9.17, 15) is 8.42 Å². The molecule has 0 unspecified atom stereocenters. The average molecular weight is 278 g/mol. The molecule has 0 spiro atoms. The van der Waals surface area contributed by atoms with Gasteiger partial charge in [0.05, 0.1) is 11.5 Å². The van der Waals surface area contributed by atoms with Crippen LogP contribution in [-0.2, 0) is 16.6 Å². The van der Waals surface area contributed by atoms with Gasteiger partial charge in [-0.25, -0.2) is 13.1 Å². The highest BCUT2D eigenvalue weighted by Crippen LogP contribution is 2.20. The van der Waals surface area contributed by atoms with Crippen LogP contribution in [0.15, 0.2) is 23.1 Å². The number of halogens is 1. The standard InChI is InChI=1S/C11H16ClNO3S/c1-2-3-6-13-17(15,16)10-5-4-9(8-14)11(12)7-10/h4-5,7,13-14H,2-3,6,8H2,1H3. The number of aliphatic hydroxyl groups is 1. The van der Waals surface area contributed by atoms with Crippen molar-refractivity contribution in [1.29, 1.82) is 0 Å². The molecule has 0 aliphatic carbocycles. The van der Waals surface area contributed by atoms with Gasteiger partial charge in [0.15, 0.2) is 0 Å². The molecule has 1 rings (SSSR count). The summed E-state index contributed by atoms with van der Waals surface area (Å²) in [7, 11) is -3.50. The Balaban J connectivity index is 2.88. The van der Waals surface area contributed by atoms with Crippen LogP contribution in [0.1, 0.15) is 25.3 Å². The van der Waals surface area contributed by atoms with Crippen molar-refractivity contribution < 1.29 is 13.5 Å². The lowest BCUT2D eigenvalue weighted by molar-refractivity contribution is 0.282. The van der Waals surface area contributed by atoms with Gasteiger partial charge in [0, 0.05) is 11.6 Å². The van der Waals surface area contributed by atoms with E-state index in [-0.39, 0.29) is 16.5 Å². The Morgan fingerprint density at radius 1 is 1.41 bits per heavy atom. The molecule has 0 saturated heterocycles. The molecule has 96 valence electrons. The summed E-state index contributed by atoms with van der Waals surface area (Å²) in [6, 6.07) is 4.30. The molecule has 1 aromatic carbocycles. The third-order valence-corrected chi connectivity index (χ3v) is 4.14. The second-order valence-corrected chi connectivity index (χ2v) is 5.84. The van der Waals surface area contributed by atoms with Crippen LogP contribution in [0.4, 0.5) is 0 Å². The third kappa shape index (κ3) is 3.96. The molecule has 0 radical (unpaired) electrons. The maximum Gasteiger partial charge on any atom is 0.240 e. The fourth-order valence-corrected chi connectivity index (χ4v) is 2.69. The summed E-state index contributed by atoms with van der Waals surface area (Å²) in [4.78, 5) is 0.121. The minimum atomic E-state index is -3.50. The first-order chi connectivity index (χ1) is 8.01. The van der Waals surface area contributed by atoms with Gasteiger partial charge in [-0.2, -0.15) is 0 Å². The summed E-state index contributed by atoms with van der Waals surface area (Å²) in [6.45, 7) is 2.20. The summed E-state index contributed by atoms with van der Waals surface area (Å²) >= 11 is 5.84. The normalized spacial score (nSPS) is 11.7. The van der Waals surface area contributed by atoms with E-state index in [4.69, 9.17) is 16.7 Å². The Labute approximate surface area is 107 Å². The van der Waals surface area contributed by atoms with E-state index in [1.807, 2.05) is 6.92 Å². The lowest BCUT2D eigenvalue weighted by atomic mass is 10.2. The van der Waals surface area contributed by atoms with E-state index < -0.39 is 10.0 Å². The smallest absolute Gasteiger partial charge is 0.240 e. The van der Waals surface area contributed by atoms with Gasteiger partial charge in [-0.1, -0.05) is 31.0 Å². The molecule has 0 bridgehead atoms. The van der Waals surface area contributed by atoms with Crippen LogP contribution < -0.4 is 4.72 Å². The van der Waals surface area contributed by atoms with Gasteiger partial charge in [0.1, 0.15) is 0 Å². The van der Waals surface area contributed by atoms with Crippen molar-refractivity contribution in [2.75, 3.05) is 6.54 Å². The number of sulfonamides is 1. The summed E-state index contributed by atoms with van der Waals surface area (Å²) in [5.41, 5.74) is 0.513. The minimum absolute atomic E-state index is 0.121. The van der Waals surface area contributed by atoms with Crippen LogP contribution in [0, 0.1) is 0 Å². The molecule has 6 heteroatoms. The zero-order valence-corrected chi connectivity index (χ0v) is 11.2. The number of aliphatic hydroxyl groups excluding tert-OH is 1. The molecule has 0 fully saturated rings. The molecule has 0 saturated carbocycles. The van der Waals surface area contributed by atoms with Gasteiger partial charge in [0.25, 0.3) is 0 Å². The topological polar surface area (TPSA) is 66.4 Å². The van der Waals surface area contributed by atoms with Crippen molar-refractivity contribution in [3.8, 4) is 0 Å². The van der Waals surface area contributed by atoms with Gasteiger partial charge < -0.3 is 5.11 Å². The van der Waals surface area contributed by atoms with Gasteiger partial charge in [-0.3, -0.25) is 0 Å². The zero-order valence-electron chi connectivity index (χ0n) is 9.61. The SMILES string of the molecule is CCCCNS(=O)(=O)c1ccc(CO)c(Cl)c1. The molecular formula is C11H16ClNO3S. The molecule has 0 heterocycles. The van der Waals surface area contributed by atoms with Crippen molar-refractivity contribution in [3.63, 3.8) is 0 Å². The Morgan fingerprint density at radius 3 is 2.65 bits per heavy atom. The molecule has 0 aromatic heterocycles. The minimum Gasteiger partial charge on any atom is -0.392 e. The quantitative estimate of drug-likeness (QED) is 0.781. The van der Waals surface area contributed by atoms with E-state index in [0.29, 0.717) is 12.1 Å². The number of nitrogens with one attached hydrogen (secondary N) is 1. The van der Waals surface area contributed by atoms with E-state index in [1.54, 1.807) is 0 Å². The van der Waals surface area contributed by atoms with Crippen LogP contribution in [0.5, 0.6) is 0 Å². The lowest BCUT2D eigenvalue weighted by Gasteiger charge is -2.08. The lowest BCUT2D eigenvalue weighted by Crippen LogP contribution is -2.24. The molecule has 0 aliphatic heterocycles. The highest BCUT2D eigenvalue weighted by molar-refractivity contribution is 7.89. The summed E-state index contributed by atoms with van der Waals surface area (Å²) < 4.78 is 26.1. The molecule has 1 aromatic rings. The second kappa shape index (κ2) is 6.35. The van der Waals surface area contributed by atoms with E-state index in [2.05, 4.69) is 4.72 Å². The van der Waals surface area contributed by atoms with E-state index >= 15 is 0 Å². The summed E-state index contributed by atoms with van der Waals surface area (Å²) in [5.74, 6) is 0. The van der Waals surface area contributed by atoms with E-state index in [0.717, 1.165) is 12.8 Å². The molecule has 0 amide bonds. The highest BCUT2D eigenvalue weighted by Gasteiger charge is 2.14. The Kier molecular flexibility index (Phi) is 5.39. The number of hydrogen-bond acceptors (Lipinski definition) is 3. The molecule has 4 nitrogen and oxygen atoms in total. The molecular weight excluding hydrogens is 262 g/mol. The highest BCUT2D eigenvalue weighted by atomic mass is 35.5. The van der Waals surface area contributed by atoms with Gasteiger partial charge in [-0.15, -0.1) is 0 Å². The number of benzene rings is 1. The van der Waals surface area contributed by atoms with Crippen LogP contribution >= 0.6 is 11.6 Å². The molecule has 2 N–H and O–H groups in total. The maximum absolute atomic E-state index is 11.8. The average Bonchev–Trinajstić information content (AvgIpc) is 2.29. The van der Waals surface area contributed by atoms with Gasteiger partial charge >= 0.3 is 0 Å². The van der Waals surface area contributed by atoms with Crippen LogP contribution in [-0.4, -0.2) is 20.1 Å². The largest absolute Gasteiger partial charge is 0.392 e. The Morgan fingerprint density at radius 2 is 2.12 bits per heavy atom. The number of unbranched alkanes of at least 4 members (excludes halogenated alkanes) is 1. The Hall–Kier alpha value is -0.620. The molecule has 0 aliphatic rings. The van der Waals surface area contributed by atoms with Crippen LogP contribution in [0.25, 0.3) is 0 Å². The van der Waals surface area contributed by atoms with Crippen molar-refractivity contribution in [1.82, 2.24) is 4.72 Å². The van der Waals surface area contributed by atoms with Crippen LogP contribution in [0.3, 0.4) is 0 Å². The second-order valence-electron chi connectivity index (χ2n) is 3.66. The first-order valence-corrected chi connectivity index (χ1v) is 7.26. The third-order valence-electron chi connectivity index (χ3n) is 2.33. The maximum atomic E-state index is 11.8. The van der Waals surface area contributed by atoms with Gasteiger partial charge in [-0.05, 0) is 24.1 Å². The number of rotatable bonds is 6. The first kappa shape index (κ1) is 14.4. The number of hydrogen-bond donors (Lipinski definition) is 2. The summed E-state index contributed by atoms with van der Waals surface area (Å²) in [5, 5.41) is 9.19. The molecule has 0 atom stereocenters. The first-order valence-electron chi connectivity index (χ1n) is 5.40. The molecule has 17 heavy (non-hydrogen) atoms. The van der Waals surface area contributed by atoms with Crippen molar-refractivity contribution in [2.24, 2.45) is 0 Å². The summed E-state index contributed by atoms with van der Waals surface area (Å²) in [6.07, 6.45) is 1.72. The van der Waals surface area contributed by atoms with Crippen molar-refractivity contribution >= 4 is 21.6 Å². The van der Waals surface area contributed by atoms with Gasteiger partial charge in [0.2, 0.25) is 10.0 Å². The monoisotopic (exact) mass is 277 g/mol. The van der Waals surface area contributed by atoms with Crippen molar-refractivity contribution in [2.45, 2.75) is 31.3 Å².